The quantitative estimate of drug-likeness (QED) is 0.327. The summed E-state index contributed by atoms with van der Waals surface area (Å²) in [7, 11) is 0. The highest BCUT2D eigenvalue weighted by Gasteiger charge is 2.15. The molecular weight excluding hydrogens is 416 g/mol. The van der Waals surface area contributed by atoms with Gasteiger partial charge in [-0.3, -0.25) is 9.78 Å². The molecule has 0 radical (unpaired) electrons. The van der Waals surface area contributed by atoms with Gasteiger partial charge in [-0.25, -0.2) is 4.79 Å². The van der Waals surface area contributed by atoms with E-state index in [4.69, 9.17) is 9.84 Å². The summed E-state index contributed by atoms with van der Waals surface area (Å²) >= 11 is 0. The van der Waals surface area contributed by atoms with Crippen LogP contribution < -0.4 is 10.1 Å². The minimum absolute atomic E-state index is 0.117. The zero-order valence-corrected chi connectivity index (χ0v) is 18.2. The zero-order chi connectivity index (χ0) is 23.2. The number of carboxylic acids is 1. The largest absolute Gasteiger partial charge is 0.494 e. The fourth-order valence-electron chi connectivity index (χ4n) is 3.52. The van der Waals surface area contributed by atoms with Gasteiger partial charge < -0.3 is 15.2 Å². The van der Waals surface area contributed by atoms with Gasteiger partial charge in [0.05, 0.1) is 23.3 Å². The normalized spacial score (nSPS) is 10.7. The van der Waals surface area contributed by atoms with Gasteiger partial charge in [-0.15, -0.1) is 0 Å². The summed E-state index contributed by atoms with van der Waals surface area (Å²) in [6.45, 7) is 2.69. The number of rotatable bonds is 8. The van der Waals surface area contributed by atoms with Crippen molar-refractivity contribution in [1.29, 1.82) is 0 Å². The predicted octanol–water partition coefficient (Wildman–Crippen LogP) is 6.03. The molecule has 166 valence electrons. The average molecular weight is 440 g/mol. The molecule has 0 fully saturated rings. The molecule has 33 heavy (non-hydrogen) atoms. The van der Waals surface area contributed by atoms with Gasteiger partial charge >= 0.3 is 5.97 Å². The number of aromatic nitrogens is 1. The third-order valence-corrected chi connectivity index (χ3v) is 5.28. The highest BCUT2D eigenvalue weighted by Crippen LogP contribution is 2.29. The number of anilines is 1. The van der Waals surface area contributed by atoms with Gasteiger partial charge in [-0.2, -0.15) is 0 Å². The Labute approximate surface area is 191 Å². The van der Waals surface area contributed by atoms with Crippen LogP contribution in [0.15, 0.2) is 79.0 Å². The third-order valence-electron chi connectivity index (χ3n) is 5.28. The Kier molecular flexibility index (Phi) is 6.64. The fraction of sp³-hybridized carbons (Fsp3) is 0.148. The van der Waals surface area contributed by atoms with Crippen LogP contribution in [0.2, 0.25) is 0 Å². The van der Waals surface area contributed by atoms with Crippen molar-refractivity contribution >= 4 is 28.5 Å². The van der Waals surface area contributed by atoms with E-state index in [9.17, 15) is 9.59 Å². The molecule has 6 heteroatoms. The lowest BCUT2D eigenvalue weighted by Gasteiger charge is -2.14. The fourth-order valence-corrected chi connectivity index (χ4v) is 3.52. The third kappa shape index (κ3) is 5.18. The molecule has 6 nitrogen and oxygen atoms in total. The van der Waals surface area contributed by atoms with Crippen LogP contribution >= 0.6 is 0 Å². The Hall–Kier alpha value is -4.19. The van der Waals surface area contributed by atoms with Crippen LogP contribution in [-0.4, -0.2) is 28.6 Å². The first-order chi connectivity index (χ1) is 16.0. The number of carbonyl (C=O) groups is 2. The number of hydrogen-bond donors (Lipinski definition) is 2. The molecule has 2 N–H and O–H groups in total. The number of fused-ring (bicyclic) bond motifs is 1. The molecule has 0 aliphatic carbocycles. The first kappa shape index (κ1) is 22.0. The van der Waals surface area contributed by atoms with Gasteiger partial charge in [0, 0.05) is 17.3 Å². The highest BCUT2D eigenvalue weighted by atomic mass is 16.5. The van der Waals surface area contributed by atoms with E-state index < -0.39 is 5.97 Å². The zero-order valence-electron chi connectivity index (χ0n) is 18.2. The summed E-state index contributed by atoms with van der Waals surface area (Å²) in [4.78, 5) is 28.7. The first-order valence-electron chi connectivity index (χ1n) is 10.8. The molecule has 0 atom stereocenters. The molecule has 0 bridgehead atoms. The molecule has 0 spiro atoms. The Bertz CT molecular complexity index is 1300. The van der Waals surface area contributed by atoms with E-state index >= 15 is 0 Å². The highest BCUT2D eigenvalue weighted by molar-refractivity contribution is 6.09. The number of amides is 1. The molecular formula is C27H24N2O4. The van der Waals surface area contributed by atoms with E-state index in [-0.39, 0.29) is 11.5 Å². The molecule has 1 aromatic heterocycles. The number of aromatic carboxylic acids is 1. The second-order valence-electron chi connectivity index (χ2n) is 7.67. The second-order valence-corrected chi connectivity index (χ2v) is 7.67. The van der Waals surface area contributed by atoms with E-state index in [2.05, 4.69) is 17.2 Å². The van der Waals surface area contributed by atoms with Crippen LogP contribution in [0.3, 0.4) is 0 Å². The van der Waals surface area contributed by atoms with Crippen molar-refractivity contribution in [3.63, 3.8) is 0 Å². The smallest absolute Gasteiger partial charge is 0.337 e. The van der Waals surface area contributed by atoms with E-state index in [1.165, 1.54) is 6.20 Å². The van der Waals surface area contributed by atoms with Gasteiger partial charge in [-0.1, -0.05) is 49.7 Å². The molecule has 0 saturated carbocycles. The molecule has 0 unspecified atom stereocenters. The summed E-state index contributed by atoms with van der Waals surface area (Å²) in [5.41, 5.74) is 3.53. The molecule has 1 heterocycles. The number of nitrogens with one attached hydrogen (secondary N) is 1. The van der Waals surface area contributed by atoms with Crippen molar-refractivity contribution in [1.82, 2.24) is 4.98 Å². The van der Waals surface area contributed by atoms with Crippen molar-refractivity contribution in [3.8, 4) is 16.9 Å². The molecule has 0 saturated heterocycles. The lowest BCUT2D eigenvalue weighted by atomic mass is 9.98. The number of carboxylic acid groups (broad SMARTS) is 1. The number of hydrogen-bond acceptors (Lipinski definition) is 4. The Morgan fingerprint density at radius 2 is 1.82 bits per heavy atom. The van der Waals surface area contributed by atoms with Crippen molar-refractivity contribution in [2.45, 2.75) is 19.8 Å². The van der Waals surface area contributed by atoms with Crippen molar-refractivity contribution in [2.75, 3.05) is 11.9 Å². The summed E-state index contributed by atoms with van der Waals surface area (Å²) in [6, 6.07) is 22.0. The molecule has 4 aromatic rings. The van der Waals surface area contributed by atoms with E-state index in [1.54, 1.807) is 30.3 Å². The first-order valence-corrected chi connectivity index (χ1v) is 10.8. The van der Waals surface area contributed by atoms with Crippen LogP contribution in [0.1, 0.15) is 40.5 Å². The van der Waals surface area contributed by atoms with Gasteiger partial charge in [0.1, 0.15) is 5.75 Å². The lowest BCUT2D eigenvalue weighted by molar-refractivity contribution is 0.0696. The molecule has 0 aliphatic rings. The van der Waals surface area contributed by atoms with Gasteiger partial charge in [0.15, 0.2) is 0 Å². The van der Waals surface area contributed by atoms with E-state index in [0.29, 0.717) is 34.5 Å². The van der Waals surface area contributed by atoms with Gasteiger partial charge in [-0.05, 0) is 53.9 Å². The molecule has 3 aromatic carbocycles. The number of unbranched alkanes of at least 4 members (excludes halogenated alkanes) is 1. The summed E-state index contributed by atoms with van der Waals surface area (Å²) in [5, 5.41) is 12.8. The number of benzene rings is 3. The van der Waals surface area contributed by atoms with Crippen LogP contribution in [0.25, 0.3) is 22.0 Å². The van der Waals surface area contributed by atoms with Crippen molar-refractivity contribution in [3.05, 3.63) is 90.1 Å². The van der Waals surface area contributed by atoms with E-state index in [1.807, 2.05) is 42.5 Å². The Balaban J connectivity index is 1.65. The summed E-state index contributed by atoms with van der Waals surface area (Å²) < 4.78 is 5.83. The minimum atomic E-state index is -1.03. The summed E-state index contributed by atoms with van der Waals surface area (Å²) in [6.07, 6.45) is 3.27. The topological polar surface area (TPSA) is 88.5 Å². The van der Waals surface area contributed by atoms with Crippen molar-refractivity contribution < 1.29 is 19.4 Å². The van der Waals surface area contributed by atoms with Crippen LogP contribution in [0.4, 0.5) is 5.69 Å². The maximum absolute atomic E-state index is 13.3. The summed E-state index contributed by atoms with van der Waals surface area (Å²) in [5.74, 6) is -0.651. The van der Waals surface area contributed by atoms with Gasteiger partial charge in [0.2, 0.25) is 0 Å². The minimum Gasteiger partial charge on any atom is -0.494 e. The monoisotopic (exact) mass is 440 g/mol. The maximum Gasteiger partial charge on any atom is 0.337 e. The molecule has 4 rings (SSSR count). The van der Waals surface area contributed by atoms with Crippen LogP contribution in [0, 0.1) is 0 Å². The Morgan fingerprint density at radius 3 is 2.58 bits per heavy atom. The average Bonchev–Trinajstić information content (AvgIpc) is 2.84. The number of pyridine rings is 1. The standard InChI is InChI=1S/C27H24N2O4/c1-2-3-13-33-22-11-12-23(18-7-5-4-6-8-18)24(16-22)26(30)29-21-10-9-19-14-20(27(31)32)17-28-25(19)15-21/h4-12,14-17H,2-3,13H2,1H3,(H,29,30)(H,31,32). The molecule has 1 amide bonds. The number of carbonyl (C=O) groups excluding carboxylic acids is 1. The maximum atomic E-state index is 13.3. The van der Waals surface area contributed by atoms with Crippen LogP contribution in [0.5, 0.6) is 5.75 Å². The van der Waals surface area contributed by atoms with Crippen molar-refractivity contribution in [2.24, 2.45) is 0 Å². The number of ether oxygens (including phenoxy) is 1. The van der Waals surface area contributed by atoms with E-state index in [0.717, 1.165) is 24.0 Å². The predicted molar refractivity (Wildman–Crippen MR) is 129 cm³/mol. The molecule has 0 aliphatic heterocycles. The Morgan fingerprint density at radius 1 is 1.00 bits per heavy atom. The van der Waals surface area contributed by atoms with Gasteiger partial charge in [0.25, 0.3) is 5.91 Å². The lowest BCUT2D eigenvalue weighted by Crippen LogP contribution is -2.13. The van der Waals surface area contributed by atoms with Crippen LogP contribution in [-0.2, 0) is 0 Å². The SMILES string of the molecule is CCCCOc1ccc(-c2ccccc2)c(C(=O)Nc2ccc3cc(C(=O)O)cnc3c2)c1. The number of nitrogens with zero attached hydrogens (tertiary/aromatic N) is 1. The second kappa shape index (κ2) is 9.96.